The van der Waals surface area contributed by atoms with Gasteiger partial charge in [-0.1, -0.05) is 0 Å². The molecule has 0 aliphatic heterocycles. The highest BCUT2D eigenvalue weighted by atomic mass is 16.2. The molecule has 0 fully saturated rings. The molecule has 0 unspecified atom stereocenters. The molecule has 1 amide bonds. The minimum atomic E-state index is -0.161. The third-order valence-corrected chi connectivity index (χ3v) is 4.38. The Morgan fingerprint density at radius 3 is 2.58 bits per heavy atom. The minimum Gasteiger partial charge on any atom is -0.350 e. The number of rotatable bonds is 4. The van der Waals surface area contributed by atoms with Crippen LogP contribution in [0.1, 0.15) is 21.7 Å². The summed E-state index contributed by atoms with van der Waals surface area (Å²) in [6.45, 7) is 4.48. The van der Waals surface area contributed by atoms with Crippen LogP contribution in [-0.2, 0) is 20.6 Å². The van der Waals surface area contributed by atoms with Gasteiger partial charge in [-0.2, -0.15) is 5.10 Å². The molecule has 3 aromatic rings. The largest absolute Gasteiger partial charge is 0.350 e. The molecular weight excluding hydrogens is 306 g/mol. The summed E-state index contributed by atoms with van der Waals surface area (Å²) in [4.78, 5) is 24.8. The maximum Gasteiger partial charge on any atom is 0.275 e. The minimum absolute atomic E-state index is 0.0528. The van der Waals surface area contributed by atoms with Crippen molar-refractivity contribution in [3.63, 3.8) is 0 Å². The number of hydrogen-bond donors (Lipinski definition) is 1. The van der Waals surface area contributed by atoms with Crippen molar-refractivity contribution >= 4 is 16.8 Å². The highest BCUT2D eigenvalue weighted by molar-refractivity contribution is 5.96. The lowest BCUT2D eigenvalue weighted by atomic mass is 10.2. The highest BCUT2D eigenvalue weighted by Crippen LogP contribution is 2.11. The number of nitrogens with zero attached hydrogens (tertiary/aromatic N) is 4. The third-order valence-electron chi connectivity index (χ3n) is 4.38. The van der Waals surface area contributed by atoms with E-state index < -0.39 is 0 Å². The zero-order chi connectivity index (χ0) is 17.4. The predicted molar refractivity (Wildman–Crippen MR) is 92.2 cm³/mol. The van der Waals surface area contributed by atoms with Crippen molar-refractivity contribution in [2.45, 2.75) is 20.4 Å². The van der Waals surface area contributed by atoms with E-state index in [9.17, 15) is 9.59 Å². The number of nitrogens with one attached hydrogen (secondary N) is 1. The van der Waals surface area contributed by atoms with E-state index in [1.165, 1.54) is 0 Å². The molecule has 24 heavy (non-hydrogen) atoms. The first-order valence-electron chi connectivity index (χ1n) is 7.83. The number of carbonyl (C=O) groups is 1. The van der Waals surface area contributed by atoms with E-state index >= 15 is 0 Å². The summed E-state index contributed by atoms with van der Waals surface area (Å²) in [7, 11) is 3.66. The average Bonchev–Trinajstić information content (AvgIpc) is 3.02. The quantitative estimate of drug-likeness (QED) is 0.780. The second kappa shape index (κ2) is 5.99. The number of carbonyl (C=O) groups excluding carboxylic acids is 1. The van der Waals surface area contributed by atoms with Crippen LogP contribution >= 0.6 is 0 Å². The van der Waals surface area contributed by atoms with Gasteiger partial charge in [-0.3, -0.25) is 14.3 Å². The molecule has 0 saturated carbocycles. The van der Waals surface area contributed by atoms with Gasteiger partial charge in [-0.15, -0.1) is 0 Å². The van der Waals surface area contributed by atoms with Crippen molar-refractivity contribution in [2.24, 2.45) is 14.1 Å². The molecule has 1 N–H and O–H groups in total. The Labute approximate surface area is 139 Å². The van der Waals surface area contributed by atoms with Crippen LogP contribution in [0.2, 0.25) is 0 Å². The SMILES string of the molecule is Cc1nn(C)c(C)c1C(=O)NCCn1ccc2ccn(C)c2c1=O. The summed E-state index contributed by atoms with van der Waals surface area (Å²) < 4.78 is 5.12. The molecular formula is C17H21N5O2. The first-order chi connectivity index (χ1) is 11.4. The Balaban J connectivity index is 1.73. The Hall–Kier alpha value is -2.83. The normalized spacial score (nSPS) is 11.2. The Bertz CT molecular complexity index is 977. The van der Waals surface area contributed by atoms with Crippen molar-refractivity contribution in [3.05, 3.63) is 51.8 Å². The number of hydrogen-bond acceptors (Lipinski definition) is 3. The number of fused-ring (bicyclic) bond motifs is 1. The molecule has 0 aromatic carbocycles. The molecule has 0 aliphatic carbocycles. The van der Waals surface area contributed by atoms with Crippen molar-refractivity contribution in [2.75, 3.05) is 6.54 Å². The number of pyridine rings is 1. The highest BCUT2D eigenvalue weighted by Gasteiger charge is 2.16. The number of aromatic nitrogens is 4. The molecule has 3 rings (SSSR count). The lowest BCUT2D eigenvalue weighted by molar-refractivity contribution is 0.0951. The van der Waals surface area contributed by atoms with Gasteiger partial charge in [0.1, 0.15) is 5.52 Å². The van der Waals surface area contributed by atoms with E-state index in [0.29, 0.717) is 29.9 Å². The van der Waals surface area contributed by atoms with Crippen LogP contribution in [0.3, 0.4) is 0 Å². The van der Waals surface area contributed by atoms with E-state index in [0.717, 1.165) is 11.1 Å². The van der Waals surface area contributed by atoms with Crippen molar-refractivity contribution < 1.29 is 4.79 Å². The van der Waals surface area contributed by atoms with Crippen molar-refractivity contribution in [1.29, 1.82) is 0 Å². The summed E-state index contributed by atoms with van der Waals surface area (Å²) in [6, 6.07) is 3.82. The smallest absolute Gasteiger partial charge is 0.275 e. The molecule has 0 saturated heterocycles. The van der Waals surface area contributed by atoms with Gasteiger partial charge in [0.2, 0.25) is 0 Å². The second-order valence-corrected chi connectivity index (χ2v) is 5.97. The Morgan fingerprint density at radius 2 is 1.92 bits per heavy atom. The number of amides is 1. The third kappa shape index (κ3) is 2.62. The summed E-state index contributed by atoms with van der Waals surface area (Å²) >= 11 is 0. The molecule has 0 bridgehead atoms. The van der Waals surface area contributed by atoms with Gasteiger partial charge >= 0.3 is 0 Å². The zero-order valence-corrected chi connectivity index (χ0v) is 14.3. The number of aryl methyl sites for hydroxylation is 3. The van der Waals surface area contributed by atoms with Gasteiger partial charge in [0.05, 0.1) is 11.3 Å². The van der Waals surface area contributed by atoms with Gasteiger partial charge in [-0.05, 0) is 26.0 Å². The Morgan fingerprint density at radius 1 is 1.21 bits per heavy atom. The first-order valence-corrected chi connectivity index (χ1v) is 7.83. The molecule has 3 aromatic heterocycles. The standard InChI is InChI=1S/C17H21N5O2/c1-11-14(12(2)21(4)19-11)16(23)18-7-10-22-9-6-13-5-8-20(3)15(13)17(22)24/h5-6,8-9H,7,10H2,1-4H3,(H,18,23). The van der Waals surface area contributed by atoms with Gasteiger partial charge < -0.3 is 14.5 Å². The van der Waals surface area contributed by atoms with Crippen LogP contribution in [0.5, 0.6) is 0 Å². The van der Waals surface area contributed by atoms with Crippen LogP contribution in [0.25, 0.3) is 10.9 Å². The van der Waals surface area contributed by atoms with Crippen LogP contribution in [0.15, 0.2) is 29.3 Å². The van der Waals surface area contributed by atoms with Gasteiger partial charge in [0.25, 0.3) is 11.5 Å². The van der Waals surface area contributed by atoms with Crippen molar-refractivity contribution in [3.8, 4) is 0 Å². The van der Waals surface area contributed by atoms with Crippen LogP contribution in [-0.4, -0.2) is 31.4 Å². The lowest BCUT2D eigenvalue weighted by Gasteiger charge is -2.09. The second-order valence-electron chi connectivity index (χ2n) is 5.97. The van der Waals surface area contributed by atoms with E-state index in [2.05, 4.69) is 10.4 Å². The maximum absolute atomic E-state index is 12.5. The molecule has 7 heteroatoms. The fraction of sp³-hybridized carbons (Fsp3) is 0.353. The molecule has 0 radical (unpaired) electrons. The summed E-state index contributed by atoms with van der Waals surface area (Å²) in [5.74, 6) is -0.161. The first kappa shape index (κ1) is 16.0. The fourth-order valence-electron chi connectivity index (χ4n) is 2.99. The lowest BCUT2D eigenvalue weighted by Crippen LogP contribution is -2.31. The maximum atomic E-state index is 12.5. The van der Waals surface area contributed by atoms with E-state index in [-0.39, 0.29) is 11.5 Å². The Kier molecular flexibility index (Phi) is 4.01. The monoisotopic (exact) mass is 327 g/mol. The molecule has 126 valence electrons. The zero-order valence-electron chi connectivity index (χ0n) is 14.3. The average molecular weight is 327 g/mol. The fourth-order valence-corrected chi connectivity index (χ4v) is 2.99. The summed E-state index contributed by atoms with van der Waals surface area (Å²) in [5.41, 5.74) is 2.75. The topological polar surface area (TPSA) is 73.8 Å². The molecule has 7 nitrogen and oxygen atoms in total. The van der Waals surface area contributed by atoms with Gasteiger partial charge in [-0.25, -0.2) is 0 Å². The summed E-state index contributed by atoms with van der Waals surface area (Å²) in [6.07, 6.45) is 3.63. The van der Waals surface area contributed by atoms with Gasteiger partial charge in [0.15, 0.2) is 0 Å². The van der Waals surface area contributed by atoms with Gasteiger partial charge in [0, 0.05) is 50.7 Å². The van der Waals surface area contributed by atoms with Crippen LogP contribution < -0.4 is 10.9 Å². The molecule has 3 heterocycles. The summed E-state index contributed by atoms with van der Waals surface area (Å²) in [5, 5.41) is 8.04. The van der Waals surface area contributed by atoms with E-state index in [1.807, 2.05) is 50.8 Å². The van der Waals surface area contributed by atoms with E-state index in [1.54, 1.807) is 15.4 Å². The molecule has 0 aliphatic rings. The predicted octanol–water partition coefficient (Wildman–Crippen LogP) is 1.12. The van der Waals surface area contributed by atoms with Crippen molar-refractivity contribution in [1.82, 2.24) is 24.2 Å². The molecule has 0 spiro atoms. The van der Waals surface area contributed by atoms with E-state index in [4.69, 9.17) is 0 Å². The van der Waals surface area contributed by atoms with Crippen LogP contribution in [0.4, 0.5) is 0 Å². The van der Waals surface area contributed by atoms with Crippen LogP contribution in [0, 0.1) is 13.8 Å². The molecule has 0 atom stereocenters.